The Kier molecular flexibility index (Phi) is 5.34. The molecule has 2 rings (SSSR count). The van der Waals surface area contributed by atoms with Crippen LogP contribution in [-0.2, 0) is 5.41 Å². The minimum Gasteiger partial charge on any atom is -0.331 e. The fourth-order valence-corrected chi connectivity index (χ4v) is 3.69. The Morgan fingerprint density at radius 2 is 2.21 bits per heavy atom. The Labute approximate surface area is 121 Å². The van der Waals surface area contributed by atoms with Gasteiger partial charge in [0, 0.05) is 23.3 Å². The second-order valence-electron chi connectivity index (χ2n) is 5.83. The van der Waals surface area contributed by atoms with Gasteiger partial charge in [-0.25, -0.2) is 4.98 Å². The molecule has 1 atom stereocenters. The predicted molar refractivity (Wildman–Crippen MR) is 84.0 cm³/mol. The monoisotopic (exact) mass is 281 g/mol. The van der Waals surface area contributed by atoms with Crippen LogP contribution in [0.4, 0.5) is 0 Å². The third-order valence-corrected chi connectivity index (χ3v) is 5.28. The molecule has 1 aromatic rings. The largest absolute Gasteiger partial charge is 0.331 e. The summed E-state index contributed by atoms with van der Waals surface area (Å²) in [6, 6.07) is 0.559. The molecule has 0 bridgehead atoms. The predicted octanol–water partition coefficient (Wildman–Crippen LogP) is 3.23. The molecule has 2 heterocycles. The SMILES string of the molecule is CCSCCC(C)n1cncc1C1(C)CCNCC1. The zero-order chi connectivity index (χ0) is 13.7. The van der Waals surface area contributed by atoms with E-state index in [-0.39, 0.29) is 0 Å². The number of hydrogen-bond donors (Lipinski definition) is 1. The quantitative estimate of drug-likeness (QED) is 0.812. The van der Waals surface area contributed by atoms with Gasteiger partial charge in [0.15, 0.2) is 0 Å². The molecule has 108 valence electrons. The highest BCUT2D eigenvalue weighted by atomic mass is 32.2. The van der Waals surface area contributed by atoms with E-state index in [1.807, 2.05) is 18.1 Å². The van der Waals surface area contributed by atoms with Crippen molar-refractivity contribution in [2.45, 2.75) is 51.5 Å². The molecule has 0 aromatic carbocycles. The van der Waals surface area contributed by atoms with Crippen molar-refractivity contribution in [3.05, 3.63) is 18.2 Å². The summed E-state index contributed by atoms with van der Waals surface area (Å²) in [5.74, 6) is 2.46. The van der Waals surface area contributed by atoms with Gasteiger partial charge in [-0.05, 0) is 50.8 Å². The number of nitrogens with zero attached hydrogens (tertiary/aromatic N) is 2. The van der Waals surface area contributed by atoms with E-state index in [1.165, 1.54) is 36.5 Å². The molecule has 1 aliphatic heterocycles. The Morgan fingerprint density at radius 3 is 2.89 bits per heavy atom. The standard InChI is InChI=1S/C15H27N3S/c1-4-19-10-5-13(2)18-12-17-11-14(18)15(3)6-8-16-9-7-15/h11-13,16H,4-10H2,1-3H3. The van der Waals surface area contributed by atoms with E-state index in [1.54, 1.807) is 0 Å². The van der Waals surface area contributed by atoms with E-state index < -0.39 is 0 Å². The van der Waals surface area contributed by atoms with Crippen molar-refractivity contribution < 1.29 is 0 Å². The molecule has 1 aliphatic rings. The Hall–Kier alpha value is -0.480. The van der Waals surface area contributed by atoms with Crippen molar-refractivity contribution in [1.82, 2.24) is 14.9 Å². The molecule has 1 N–H and O–H groups in total. The first-order valence-corrected chi connectivity index (χ1v) is 8.63. The maximum absolute atomic E-state index is 4.43. The average Bonchev–Trinajstić information content (AvgIpc) is 2.90. The number of hydrogen-bond acceptors (Lipinski definition) is 3. The summed E-state index contributed by atoms with van der Waals surface area (Å²) in [5, 5.41) is 3.46. The molecule has 3 nitrogen and oxygen atoms in total. The molecular weight excluding hydrogens is 254 g/mol. The van der Waals surface area contributed by atoms with Crippen LogP contribution in [0.25, 0.3) is 0 Å². The Balaban J connectivity index is 2.08. The lowest BCUT2D eigenvalue weighted by atomic mass is 9.78. The molecule has 1 unspecified atom stereocenters. The van der Waals surface area contributed by atoms with Crippen LogP contribution < -0.4 is 5.32 Å². The molecule has 1 aromatic heterocycles. The molecule has 0 amide bonds. The maximum Gasteiger partial charge on any atom is 0.0950 e. The number of nitrogens with one attached hydrogen (secondary N) is 1. The van der Waals surface area contributed by atoms with Gasteiger partial charge in [0.2, 0.25) is 0 Å². The third-order valence-electron chi connectivity index (χ3n) is 4.35. The summed E-state index contributed by atoms with van der Waals surface area (Å²) in [7, 11) is 0. The molecular formula is C15H27N3S. The molecule has 0 spiro atoms. The van der Waals surface area contributed by atoms with Gasteiger partial charge in [-0.2, -0.15) is 11.8 Å². The Bertz CT molecular complexity index is 382. The zero-order valence-corrected chi connectivity index (χ0v) is 13.3. The van der Waals surface area contributed by atoms with Gasteiger partial charge in [-0.15, -0.1) is 0 Å². The van der Waals surface area contributed by atoms with Crippen LogP contribution in [0.2, 0.25) is 0 Å². The van der Waals surface area contributed by atoms with Crippen molar-refractivity contribution in [2.24, 2.45) is 0 Å². The van der Waals surface area contributed by atoms with E-state index in [2.05, 4.69) is 41.8 Å². The molecule has 1 fully saturated rings. The molecule has 1 saturated heterocycles. The fraction of sp³-hybridized carbons (Fsp3) is 0.800. The lowest BCUT2D eigenvalue weighted by molar-refractivity contribution is 0.309. The molecule has 0 radical (unpaired) electrons. The first-order valence-electron chi connectivity index (χ1n) is 7.48. The second-order valence-corrected chi connectivity index (χ2v) is 7.23. The van der Waals surface area contributed by atoms with E-state index in [9.17, 15) is 0 Å². The highest BCUT2D eigenvalue weighted by molar-refractivity contribution is 7.99. The normalized spacial score (nSPS) is 20.4. The van der Waals surface area contributed by atoms with Crippen molar-refractivity contribution >= 4 is 11.8 Å². The topological polar surface area (TPSA) is 29.9 Å². The summed E-state index contributed by atoms with van der Waals surface area (Å²) < 4.78 is 2.42. The van der Waals surface area contributed by atoms with Gasteiger partial charge in [-0.1, -0.05) is 13.8 Å². The van der Waals surface area contributed by atoms with E-state index in [0.29, 0.717) is 11.5 Å². The number of piperidine rings is 1. The van der Waals surface area contributed by atoms with Crippen LogP contribution in [0.15, 0.2) is 12.5 Å². The van der Waals surface area contributed by atoms with Crippen LogP contribution in [0.1, 0.15) is 51.8 Å². The maximum atomic E-state index is 4.43. The van der Waals surface area contributed by atoms with Crippen molar-refractivity contribution in [3.8, 4) is 0 Å². The van der Waals surface area contributed by atoms with Crippen molar-refractivity contribution in [3.63, 3.8) is 0 Å². The second kappa shape index (κ2) is 6.80. The third kappa shape index (κ3) is 3.54. The highest BCUT2D eigenvalue weighted by Crippen LogP contribution is 2.34. The van der Waals surface area contributed by atoms with Crippen molar-refractivity contribution in [2.75, 3.05) is 24.6 Å². The first kappa shape index (κ1) is 14.9. The molecule has 4 heteroatoms. The summed E-state index contributed by atoms with van der Waals surface area (Å²) in [6.45, 7) is 9.21. The summed E-state index contributed by atoms with van der Waals surface area (Å²) in [4.78, 5) is 4.43. The highest BCUT2D eigenvalue weighted by Gasteiger charge is 2.32. The van der Waals surface area contributed by atoms with Crippen LogP contribution in [0.5, 0.6) is 0 Å². The van der Waals surface area contributed by atoms with Gasteiger partial charge < -0.3 is 9.88 Å². The average molecular weight is 281 g/mol. The lowest BCUT2D eigenvalue weighted by Gasteiger charge is -2.35. The smallest absolute Gasteiger partial charge is 0.0950 e. The van der Waals surface area contributed by atoms with Gasteiger partial charge >= 0.3 is 0 Å². The van der Waals surface area contributed by atoms with E-state index in [4.69, 9.17) is 0 Å². The van der Waals surface area contributed by atoms with E-state index in [0.717, 1.165) is 13.1 Å². The zero-order valence-electron chi connectivity index (χ0n) is 12.5. The lowest BCUT2D eigenvalue weighted by Crippen LogP contribution is -2.39. The van der Waals surface area contributed by atoms with Crippen LogP contribution in [0.3, 0.4) is 0 Å². The number of imidazole rings is 1. The fourth-order valence-electron chi connectivity index (χ4n) is 2.90. The number of aromatic nitrogens is 2. The first-order chi connectivity index (χ1) is 9.17. The minimum atomic E-state index is 0.300. The van der Waals surface area contributed by atoms with Crippen LogP contribution in [0, 0.1) is 0 Å². The van der Waals surface area contributed by atoms with Crippen molar-refractivity contribution in [1.29, 1.82) is 0 Å². The number of rotatable bonds is 6. The number of thioether (sulfide) groups is 1. The van der Waals surface area contributed by atoms with Gasteiger partial charge in [-0.3, -0.25) is 0 Å². The van der Waals surface area contributed by atoms with Gasteiger partial charge in [0.05, 0.1) is 6.33 Å². The van der Waals surface area contributed by atoms with Crippen LogP contribution >= 0.6 is 11.8 Å². The summed E-state index contributed by atoms with van der Waals surface area (Å²) >= 11 is 2.03. The van der Waals surface area contributed by atoms with Crippen LogP contribution in [-0.4, -0.2) is 34.1 Å². The van der Waals surface area contributed by atoms with E-state index >= 15 is 0 Å². The molecule has 0 saturated carbocycles. The molecule has 19 heavy (non-hydrogen) atoms. The summed E-state index contributed by atoms with van der Waals surface area (Å²) in [6.07, 6.45) is 7.79. The van der Waals surface area contributed by atoms with Gasteiger partial charge in [0.25, 0.3) is 0 Å². The summed E-state index contributed by atoms with van der Waals surface area (Å²) in [5.41, 5.74) is 1.73. The minimum absolute atomic E-state index is 0.300. The van der Waals surface area contributed by atoms with Gasteiger partial charge in [0.1, 0.15) is 0 Å². The molecule has 0 aliphatic carbocycles. The Morgan fingerprint density at radius 1 is 1.47 bits per heavy atom.